The number of fused-ring (bicyclic) bond motifs is 1. The van der Waals surface area contributed by atoms with Crippen LogP contribution in [0.25, 0.3) is 0 Å². The molecule has 0 unspecified atom stereocenters. The van der Waals surface area contributed by atoms with Crippen molar-refractivity contribution in [1.82, 2.24) is 5.32 Å². The molecule has 2 heterocycles. The Morgan fingerprint density at radius 1 is 0.972 bits per heavy atom. The van der Waals surface area contributed by atoms with E-state index in [2.05, 4.69) is 17.4 Å². The summed E-state index contributed by atoms with van der Waals surface area (Å²) >= 11 is 0. The van der Waals surface area contributed by atoms with Gasteiger partial charge in [0.15, 0.2) is 6.10 Å². The lowest BCUT2D eigenvalue weighted by Gasteiger charge is -2.39. The van der Waals surface area contributed by atoms with Crippen molar-refractivity contribution in [2.75, 3.05) is 30.6 Å². The first kappa shape index (κ1) is 24.3. The van der Waals surface area contributed by atoms with Gasteiger partial charge in [-0.15, -0.1) is 0 Å². The summed E-state index contributed by atoms with van der Waals surface area (Å²) in [5, 5.41) is 3.07. The quantitative estimate of drug-likeness (QED) is 0.550. The monoisotopic (exact) mass is 506 g/mol. The van der Waals surface area contributed by atoms with E-state index in [9.17, 15) is 13.2 Å². The van der Waals surface area contributed by atoms with E-state index in [1.165, 1.54) is 4.31 Å². The van der Waals surface area contributed by atoms with Crippen LogP contribution in [0, 0.1) is 6.92 Å². The molecule has 0 bridgehead atoms. The van der Waals surface area contributed by atoms with E-state index in [1.54, 1.807) is 48.5 Å². The van der Waals surface area contributed by atoms with Crippen LogP contribution in [0.5, 0.6) is 5.75 Å². The highest BCUT2D eigenvalue weighted by atomic mass is 32.2. The largest absolute Gasteiger partial charge is 0.476 e. The van der Waals surface area contributed by atoms with Crippen LogP contribution in [0.2, 0.25) is 0 Å². The van der Waals surface area contributed by atoms with Crippen LogP contribution < -0.4 is 14.4 Å². The van der Waals surface area contributed by atoms with Gasteiger partial charge in [0.05, 0.1) is 17.1 Å². The van der Waals surface area contributed by atoms with Crippen LogP contribution in [-0.4, -0.2) is 46.7 Å². The van der Waals surface area contributed by atoms with Crippen molar-refractivity contribution >= 4 is 21.6 Å². The van der Waals surface area contributed by atoms with Crippen LogP contribution in [0.1, 0.15) is 24.0 Å². The summed E-state index contributed by atoms with van der Waals surface area (Å²) in [5.74, 6) is 0.0267. The number of hydrogen-bond acceptors (Lipinski definition) is 5. The van der Waals surface area contributed by atoms with Crippen molar-refractivity contribution < 1.29 is 22.7 Å². The molecule has 0 spiro atoms. The molecule has 1 atom stereocenters. The number of hydrogen-bond donors (Lipinski definition) is 1. The first-order chi connectivity index (χ1) is 17.4. The van der Waals surface area contributed by atoms with Gasteiger partial charge in [0, 0.05) is 25.2 Å². The molecule has 2 aliphatic rings. The van der Waals surface area contributed by atoms with Gasteiger partial charge >= 0.3 is 0 Å². The third kappa shape index (κ3) is 4.70. The third-order valence-electron chi connectivity index (χ3n) is 7.07. The van der Waals surface area contributed by atoms with Crippen LogP contribution in [0.4, 0.5) is 5.69 Å². The second-order valence-electron chi connectivity index (χ2n) is 9.40. The molecule has 1 amide bonds. The average molecular weight is 507 g/mol. The molecule has 3 aromatic carbocycles. The Kier molecular flexibility index (Phi) is 6.73. The van der Waals surface area contributed by atoms with Gasteiger partial charge in [0.25, 0.3) is 15.9 Å². The lowest BCUT2D eigenvalue weighted by atomic mass is 9.74. The van der Waals surface area contributed by atoms with Crippen molar-refractivity contribution in [3.05, 3.63) is 90.0 Å². The minimum absolute atomic E-state index is 0.111. The van der Waals surface area contributed by atoms with Gasteiger partial charge in [-0.1, -0.05) is 60.2 Å². The number of sulfonamides is 1. The van der Waals surface area contributed by atoms with Gasteiger partial charge in [-0.05, 0) is 49.6 Å². The number of anilines is 1. The summed E-state index contributed by atoms with van der Waals surface area (Å²) in [6.07, 6.45) is 0.604. The van der Waals surface area contributed by atoms with E-state index >= 15 is 0 Å². The average Bonchev–Trinajstić information content (AvgIpc) is 2.92. The van der Waals surface area contributed by atoms with E-state index in [0.29, 0.717) is 31.2 Å². The lowest BCUT2D eigenvalue weighted by Crippen LogP contribution is -2.53. The fourth-order valence-corrected chi connectivity index (χ4v) is 6.37. The van der Waals surface area contributed by atoms with Crippen molar-refractivity contribution in [3.63, 3.8) is 0 Å². The van der Waals surface area contributed by atoms with Gasteiger partial charge in [-0.3, -0.25) is 9.10 Å². The SMILES string of the molecule is Cc1ccc(S(=O)(=O)N2C[C@H](C(=O)NCC3(c4ccccc4)CCOCC3)Oc3ccccc32)cc1. The zero-order valence-electron chi connectivity index (χ0n) is 20.2. The third-order valence-corrected chi connectivity index (χ3v) is 8.87. The van der Waals surface area contributed by atoms with Crippen molar-refractivity contribution in [2.45, 2.75) is 36.2 Å². The smallest absolute Gasteiger partial charge is 0.264 e. The molecule has 3 aromatic rings. The number of amides is 1. The molecule has 5 rings (SSSR count). The topological polar surface area (TPSA) is 84.9 Å². The normalized spacial score (nSPS) is 19.1. The molecule has 0 radical (unpaired) electrons. The molecule has 0 saturated carbocycles. The number of carbonyl (C=O) groups excluding carboxylic acids is 1. The molecule has 2 aliphatic heterocycles. The molecule has 0 aliphatic carbocycles. The molecule has 0 aromatic heterocycles. The van der Waals surface area contributed by atoms with E-state index < -0.39 is 16.1 Å². The molecule has 1 fully saturated rings. The Bertz CT molecular complexity index is 1320. The number of ether oxygens (including phenoxy) is 2. The molecule has 1 N–H and O–H groups in total. The van der Waals surface area contributed by atoms with E-state index in [0.717, 1.165) is 24.0 Å². The van der Waals surface area contributed by atoms with Crippen LogP contribution in [0.3, 0.4) is 0 Å². The predicted molar refractivity (Wildman–Crippen MR) is 138 cm³/mol. The fourth-order valence-electron chi connectivity index (χ4n) is 4.90. The maximum atomic E-state index is 13.6. The number of aryl methyl sites for hydroxylation is 1. The number of benzene rings is 3. The van der Waals surface area contributed by atoms with Crippen molar-refractivity contribution in [3.8, 4) is 5.75 Å². The van der Waals surface area contributed by atoms with Crippen molar-refractivity contribution in [1.29, 1.82) is 0 Å². The van der Waals surface area contributed by atoms with Gasteiger partial charge < -0.3 is 14.8 Å². The Labute approximate surface area is 212 Å². The Morgan fingerprint density at radius 2 is 1.64 bits per heavy atom. The van der Waals surface area contributed by atoms with E-state index in [1.807, 2.05) is 25.1 Å². The Balaban J connectivity index is 1.39. The van der Waals surface area contributed by atoms with Gasteiger partial charge in [-0.25, -0.2) is 8.42 Å². The number of carbonyl (C=O) groups is 1. The molecule has 188 valence electrons. The first-order valence-electron chi connectivity index (χ1n) is 12.2. The zero-order valence-corrected chi connectivity index (χ0v) is 21.0. The molecular weight excluding hydrogens is 476 g/mol. The lowest BCUT2D eigenvalue weighted by molar-refractivity contribution is -0.128. The van der Waals surface area contributed by atoms with Crippen LogP contribution >= 0.6 is 0 Å². The summed E-state index contributed by atoms with van der Waals surface area (Å²) in [7, 11) is -3.89. The van der Waals surface area contributed by atoms with Crippen molar-refractivity contribution in [2.24, 2.45) is 0 Å². The molecular formula is C28H30N2O5S. The minimum Gasteiger partial charge on any atom is -0.476 e. The highest BCUT2D eigenvalue weighted by molar-refractivity contribution is 7.92. The van der Waals surface area contributed by atoms with Gasteiger partial charge in [0.1, 0.15) is 5.75 Å². The number of para-hydroxylation sites is 2. The van der Waals surface area contributed by atoms with Crippen LogP contribution in [-0.2, 0) is 25.0 Å². The summed E-state index contributed by atoms with van der Waals surface area (Å²) < 4.78 is 40.1. The van der Waals surface area contributed by atoms with Gasteiger partial charge in [0.2, 0.25) is 0 Å². The summed E-state index contributed by atoms with van der Waals surface area (Å²) in [4.78, 5) is 13.6. The summed E-state index contributed by atoms with van der Waals surface area (Å²) in [6.45, 7) is 3.47. The summed E-state index contributed by atoms with van der Waals surface area (Å²) in [6, 6.07) is 23.8. The number of nitrogens with one attached hydrogen (secondary N) is 1. The number of rotatable bonds is 6. The predicted octanol–water partition coefficient (Wildman–Crippen LogP) is 3.82. The second kappa shape index (κ2) is 9.95. The standard InChI is InChI=1S/C28H30N2O5S/c1-21-11-13-23(14-12-21)36(32,33)30-19-26(35-25-10-6-5-9-24(25)30)27(31)29-20-28(15-17-34-18-16-28)22-7-3-2-4-8-22/h2-14,26H,15-20H2,1H3,(H,29,31)/t26-/m1/s1. The van der Waals surface area contributed by atoms with Crippen LogP contribution in [0.15, 0.2) is 83.8 Å². The maximum absolute atomic E-state index is 13.6. The van der Waals surface area contributed by atoms with E-state index in [4.69, 9.17) is 9.47 Å². The Morgan fingerprint density at radius 3 is 2.36 bits per heavy atom. The molecule has 1 saturated heterocycles. The first-order valence-corrected chi connectivity index (χ1v) is 13.6. The zero-order chi connectivity index (χ0) is 25.2. The fraction of sp³-hybridized carbons (Fsp3) is 0.321. The summed E-state index contributed by atoms with van der Waals surface area (Å²) in [5.41, 5.74) is 2.31. The number of nitrogens with zero attached hydrogens (tertiary/aromatic N) is 1. The Hall–Kier alpha value is -3.36. The van der Waals surface area contributed by atoms with Gasteiger partial charge in [-0.2, -0.15) is 0 Å². The molecule has 8 heteroatoms. The second-order valence-corrected chi connectivity index (χ2v) is 11.3. The molecule has 36 heavy (non-hydrogen) atoms. The minimum atomic E-state index is -3.89. The highest BCUT2D eigenvalue weighted by Gasteiger charge is 2.39. The highest BCUT2D eigenvalue weighted by Crippen LogP contribution is 2.37. The maximum Gasteiger partial charge on any atom is 0.264 e. The molecule has 7 nitrogen and oxygen atoms in total. The van der Waals surface area contributed by atoms with E-state index in [-0.39, 0.29) is 22.8 Å².